The summed E-state index contributed by atoms with van der Waals surface area (Å²) in [5.41, 5.74) is 1.95. The van der Waals surface area contributed by atoms with Crippen LogP contribution in [-0.2, 0) is 4.74 Å². The third-order valence-electron chi connectivity index (χ3n) is 3.54. The summed E-state index contributed by atoms with van der Waals surface area (Å²) in [6.07, 6.45) is 0. The van der Waals surface area contributed by atoms with Crippen molar-refractivity contribution in [3.8, 4) is 17.0 Å². The van der Waals surface area contributed by atoms with Gasteiger partial charge in [0.1, 0.15) is 11.6 Å². The molecule has 0 fully saturated rings. The van der Waals surface area contributed by atoms with Gasteiger partial charge in [0.2, 0.25) is 0 Å². The number of benzene rings is 2. The van der Waals surface area contributed by atoms with Crippen molar-refractivity contribution in [3.05, 3.63) is 59.9 Å². The van der Waals surface area contributed by atoms with Crippen LogP contribution in [0.4, 0.5) is 4.39 Å². The second-order valence-corrected chi connectivity index (χ2v) is 4.92. The Morgan fingerprint density at radius 3 is 2.48 bits per heavy atom. The first-order valence-electron chi connectivity index (χ1n) is 6.96. The first kappa shape index (κ1) is 15.0. The summed E-state index contributed by atoms with van der Waals surface area (Å²) in [6.45, 7) is 0. The van der Waals surface area contributed by atoms with Gasteiger partial charge < -0.3 is 9.47 Å². The number of rotatable bonds is 3. The minimum atomic E-state index is -0.614. The predicted octanol–water partition coefficient (Wildman–Crippen LogP) is 3.84. The summed E-state index contributed by atoms with van der Waals surface area (Å²) >= 11 is 0. The summed E-state index contributed by atoms with van der Waals surface area (Å²) in [5.74, 6) is -0.827. The standard InChI is InChI=1S/C18H14FNO3/c1-22-16-10-14(11-6-4-3-5-7-11)20-15-9-12(18(21)23-2)8-13(19)17(15)16/h3-10H,1-2H3. The van der Waals surface area contributed by atoms with Gasteiger partial charge in [-0.3, -0.25) is 0 Å². The van der Waals surface area contributed by atoms with Crippen molar-refractivity contribution >= 4 is 16.9 Å². The minimum Gasteiger partial charge on any atom is -0.496 e. The summed E-state index contributed by atoms with van der Waals surface area (Å²) in [5, 5.41) is 0.236. The number of carbonyl (C=O) groups is 1. The third kappa shape index (κ3) is 2.73. The van der Waals surface area contributed by atoms with Gasteiger partial charge in [0.15, 0.2) is 0 Å². The Morgan fingerprint density at radius 1 is 1.09 bits per heavy atom. The summed E-state index contributed by atoms with van der Waals surface area (Å²) in [6, 6.07) is 13.8. The lowest BCUT2D eigenvalue weighted by Crippen LogP contribution is -2.03. The van der Waals surface area contributed by atoms with E-state index in [0.717, 1.165) is 11.6 Å². The number of nitrogens with zero attached hydrogens (tertiary/aromatic N) is 1. The molecule has 3 aromatic rings. The van der Waals surface area contributed by atoms with Crippen LogP contribution >= 0.6 is 0 Å². The molecule has 0 radical (unpaired) electrons. The first-order chi connectivity index (χ1) is 11.1. The SMILES string of the molecule is COC(=O)c1cc(F)c2c(OC)cc(-c3ccccc3)nc2c1. The monoisotopic (exact) mass is 311 g/mol. The highest BCUT2D eigenvalue weighted by Crippen LogP contribution is 2.32. The Hall–Kier alpha value is -2.95. The van der Waals surface area contributed by atoms with Gasteiger partial charge in [-0.25, -0.2) is 14.2 Å². The van der Waals surface area contributed by atoms with Crippen LogP contribution in [0.25, 0.3) is 22.2 Å². The molecular formula is C18H14FNO3. The molecule has 0 aliphatic heterocycles. The molecule has 1 heterocycles. The third-order valence-corrected chi connectivity index (χ3v) is 3.54. The molecule has 0 atom stereocenters. The molecule has 4 nitrogen and oxygen atoms in total. The van der Waals surface area contributed by atoms with E-state index >= 15 is 0 Å². The second-order valence-electron chi connectivity index (χ2n) is 4.92. The molecule has 0 spiro atoms. The molecule has 23 heavy (non-hydrogen) atoms. The fraction of sp³-hybridized carbons (Fsp3) is 0.111. The van der Waals surface area contributed by atoms with Crippen molar-refractivity contribution in [2.45, 2.75) is 0 Å². The highest BCUT2D eigenvalue weighted by Gasteiger charge is 2.16. The van der Waals surface area contributed by atoms with Crippen molar-refractivity contribution in [1.82, 2.24) is 4.98 Å². The Bertz CT molecular complexity index is 878. The number of esters is 1. The van der Waals surface area contributed by atoms with Gasteiger partial charge in [-0.2, -0.15) is 0 Å². The van der Waals surface area contributed by atoms with E-state index in [1.165, 1.54) is 20.3 Å². The molecule has 0 saturated carbocycles. The van der Waals surface area contributed by atoms with Crippen molar-refractivity contribution in [2.24, 2.45) is 0 Å². The summed E-state index contributed by atoms with van der Waals surface area (Å²) < 4.78 is 24.3. The normalized spacial score (nSPS) is 10.6. The molecule has 2 aromatic carbocycles. The van der Waals surface area contributed by atoms with E-state index in [1.807, 2.05) is 30.3 Å². The number of aromatic nitrogens is 1. The Labute approximate surface area is 132 Å². The molecule has 116 valence electrons. The Balaban J connectivity index is 2.28. The molecule has 5 heteroatoms. The number of methoxy groups -OCH3 is 2. The maximum absolute atomic E-state index is 14.4. The summed E-state index contributed by atoms with van der Waals surface area (Å²) in [4.78, 5) is 16.1. The van der Waals surface area contributed by atoms with Gasteiger partial charge in [-0.15, -0.1) is 0 Å². The topological polar surface area (TPSA) is 48.4 Å². The molecule has 0 aliphatic rings. The second kappa shape index (κ2) is 6.04. The maximum atomic E-state index is 14.4. The average molecular weight is 311 g/mol. The van der Waals surface area contributed by atoms with Crippen LogP contribution in [0, 0.1) is 5.82 Å². The number of carbonyl (C=O) groups excluding carboxylic acids is 1. The van der Waals surface area contributed by atoms with Gasteiger partial charge in [-0.1, -0.05) is 30.3 Å². The van der Waals surface area contributed by atoms with Gasteiger partial charge in [-0.05, 0) is 12.1 Å². The lowest BCUT2D eigenvalue weighted by Gasteiger charge is -2.11. The van der Waals surface area contributed by atoms with Crippen LogP contribution in [0.2, 0.25) is 0 Å². The maximum Gasteiger partial charge on any atom is 0.338 e. The predicted molar refractivity (Wildman–Crippen MR) is 85.0 cm³/mol. The van der Waals surface area contributed by atoms with Crippen LogP contribution in [0.1, 0.15) is 10.4 Å². The van der Waals surface area contributed by atoms with Crippen LogP contribution in [0.15, 0.2) is 48.5 Å². The van der Waals surface area contributed by atoms with Crippen LogP contribution in [0.5, 0.6) is 5.75 Å². The van der Waals surface area contributed by atoms with Crippen LogP contribution in [-0.4, -0.2) is 25.2 Å². The highest BCUT2D eigenvalue weighted by atomic mass is 19.1. The van der Waals surface area contributed by atoms with Gasteiger partial charge >= 0.3 is 5.97 Å². The van der Waals surface area contributed by atoms with Gasteiger partial charge in [0.25, 0.3) is 0 Å². The number of fused-ring (bicyclic) bond motifs is 1. The fourth-order valence-electron chi connectivity index (χ4n) is 2.44. The Kier molecular flexibility index (Phi) is 3.93. The van der Waals surface area contributed by atoms with Crippen LogP contribution < -0.4 is 4.74 Å². The lowest BCUT2D eigenvalue weighted by atomic mass is 10.1. The highest BCUT2D eigenvalue weighted by molar-refractivity contribution is 5.97. The van der Waals surface area contributed by atoms with Gasteiger partial charge in [0, 0.05) is 11.6 Å². The van der Waals surface area contributed by atoms with E-state index in [9.17, 15) is 9.18 Å². The molecule has 1 aromatic heterocycles. The number of halogens is 1. The molecule has 0 N–H and O–H groups in total. The molecule has 0 amide bonds. The lowest BCUT2D eigenvalue weighted by molar-refractivity contribution is 0.0600. The molecule has 0 saturated heterocycles. The zero-order valence-corrected chi connectivity index (χ0v) is 12.7. The minimum absolute atomic E-state index is 0.109. The van der Waals surface area contributed by atoms with Crippen molar-refractivity contribution in [1.29, 1.82) is 0 Å². The van der Waals surface area contributed by atoms with E-state index in [2.05, 4.69) is 9.72 Å². The van der Waals surface area contributed by atoms with Crippen molar-refractivity contribution < 1.29 is 18.7 Å². The van der Waals surface area contributed by atoms with Crippen molar-refractivity contribution in [2.75, 3.05) is 14.2 Å². The molecule has 0 aliphatic carbocycles. The quantitative estimate of drug-likeness (QED) is 0.690. The first-order valence-corrected chi connectivity index (χ1v) is 6.96. The van der Waals surface area contributed by atoms with Crippen LogP contribution in [0.3, 0.4) is 0 Å². The number of hydrogen-bond donors (Lipinski definition) is 0. The Morgan fingerprint density at radius 2 is 1.83 bits per heavy atom. The zero-order valence-electron chi connectivity index (χ0n) is 12.7. The van der Waals surface area contributed by atoms with Crippen molar-refractivity contribution in [3.63, 3.8) is 0 Å². The van der Waals surface area contributed by atoms with E-state index in [4.69, 9.17) is 4.74 Å². The molecular weight excluding hydrogens is 297 g/mol. The van der Waals surface area contributed by atoms with Gasteiger partial charge in [0.05, 0.1) is 36.4 Å². The molecule has 3 rings (SSSR count). The number of ether oxygens (including phenoxy) is 2. The fourth-order valence-corrected chi connectivity index (χ4v) is 2.44. The van der Waals surface area contributed by atoms with E-state index in [1.54, 1.807) is 6.07 Å². The molecule has 0 bridgehead atoms. The number of pyridine rings is 1. The largest absolute Gasteiger partial charge is 0.496 e. The van der Waals surface area contributed by atoms with E-state index in [-0.39, 0.29) is 10.9 Å². The molecule has 0 unspecified atom stereocenters. The van der Waals surface area contributed by atoms with E-state index < -0.39 is 11.8 Å². The number of hydrogen-bond acceptors (Lipinski definition) is 4. The van der Waals surface area contributed by atoms with E-state index in [0.29, 0.717) is 17.0 Å². The zero-order chi connectivity index (χ0) is 16.4. The average Bonchev–Trinajstić information content (AvgIpc) is 2.60. The smallest absolute Gasteiger partial charge is 0.338 e. The summed E-state index contributed by atoms with van der Waals surface area (Å²) in [7, 11) is 2.72.